The zero-order valence-corrected chi connectivity index (χ0v) is 17.9. The number of hydrogen-bond acceptors (Lipinski definition) is 6. The molecule has 2 aromatic carbocycles. The van der Waals surface area contributed by atoms with Crippen LogP contribution in [0.1, 0.15) is 26.3 Å². The first-order valence-electron chi connectivity index (χ1n) is 9.74. The van der Waals surface area contributed by atoms with Gasteiger partial charge in [0.1, 0.15) is 5.00 Å². The van der Waals surface area contributed by atoms with Crippen LogP contribution in [-0.4, -0.2) is 29.4 Å². The predicted molar refractivity (Wildman–Crippen MR) is 124 cm³/mol. The number of aromatic nitrogens is 1. The van der Waals surface area contributed by atoms with E-state index in [2.05, 4.69) is 5.32 Å². The number of anilines is 1. The number of rotatable bonds is 6. The van der Waals surface area contributed by atoms with E-state index in [1.807, 2.05) is 55.5 Å². The maximum Gasteiger partial charge on any atom is 0.339 e. The number of primary amides is 1. The molecule has 0 fully saturated rings. The number of thiophene rings is 1. The first-order valence-corrected chi connectivity index (χ1v) is 10.6. The molecule has 2 aromatic heterocycles. The molecule has 0 radical (unpaired) electrons. The van der Waals surface area contributed by atoms with Gasteiger partial charge in [-0.05, 0) is 30.0 Å². The number of hydrogen-bond donors (Lipinski definition) is 2. The summed E-state index contributed by atoms with van der Waals surface area (Å²) in [6.45, 7) is 1.30. The molecule has 4 aromatic rings. The number of pyridine rings is 1. The molecule has 0 bridgehead atoms. The monoisotopic (exact) mass is 445 g/mol. The Morgan fingerprint density at radius 1 is 1.03 bits per heavy atom. The quantitative estimate of drug-likeness (QED) is 0.433. The van der Waals surface area contributed by atoms with E-state index in [0.717, 1.165) is 16.9 Å². The van der Waals surface area contributed by atoms with Crippen LogP contribution in [0.15, 0.2) is 66.0 Å². The number of para-hydroxylation sites is 1. The second-order valence-corrected chi connectivity index (χ2v) is 7.91. The third kappa shape index (κ3) is 4.21. The molecule has 2 amide bonds. The summed E-state index contributed by atoms with van der Waals surface area (Å²) < 4.78 is 5.33. The lowest BCUT2D eigenvalue weighted by molar-refractivity contribution is -0.119. The van der Waals surface area contributed by atoms with Crippen molar-refractivity contribution in [3.8, 4) is 11.3 Å². The summed E-state index contributed by atoms with van der Waals surface area (Å²) in [7, 11) is 0. The number of fused-ring (bicyclic) bond motifs is 1. The highest BCUT2D eigenvalue weighted by molar-refractivity contribution is 7.14. The van der Waals surface area contributed by atoms with E-state index < -0.39 is 24.4 Å². The lowest BCUT2D eigenvalue weighted by atomic mass is 9.98. The molecule has 0 saturated heterocycles. The molecule has 160 valence electrons. The number of benzene rings is 2. The Morgan fingerprint density at radius 2 is 1.75 bits per heavy atom. The summed E-state index contributed by atoms with van der Waals surface area (Å²) in [5.74, 6) is -1.84. The number of nitrogens with two attached hydrogens (primary N) is 1. The van der Waals surface area contributed by atoms with Gasteiger partial charge in [0, 0.05) is 10.9 Å². The van der Waals surface area contributed by atoms with E-state index in [0.29, 0.717) is 32.7 Å². The van der Waals surface area contributed by atoms with Crippen molar-refractivity contribution in [1.29, 1.82) is 0 Å². The van der Waals surface area contributed by atoms with E-state index in [9.17, 15) is 14.4 Å². The van der Waals surface area contributed by atoms with Crippen LogP contribution in [0.4, 0.5) is 5.00 Å². The molecule has 0 unspecified atom stereocenters. The van der Waals surface area contributed by atoms with Crippen LogP contribution in [0.3, 0.4) is 0 Å². The van der Waals surface area contributed by atoms with Crippen LogP contribution in [0.2, 0.25) is 0 Å². The molecule has 0 saturated carbocycles. The molecule has 8 heteroatoms. The third-order valence-corrected chi connectivity index (χ3v) is 5.74. The van der Waals surface area contributed by atoms with E-state index >= 15 is 0 Å². The summed E-state index contributed by atoms with van der Waals surface area (Å²) in [5.41, 5.74) is 8.71. The van der Waals surface area contributed by atoms with Crippen LogP contribution in [0.25, 0.3) is 22.2 Å². The van der Waals surface area contributed by atoms with Crippen LogP contribution in [-0.2, 0) is 9.53 Å². The Labute approximate surface area is 187 Å². The summed E-state index contributed by atoms with van der Waals surface area (Å²) in [6, 6.07) is 18.4. The Hall–Kier alpha value is -4.04. The fourth-order valence-electron chi connectivity index (χ4n) is 3.41. The summed E-state index contributed by atoms with van der Waals surface area (Å²) >= 11 is 1.16. The minimum Gasteiger partial charge on any atom is -0.452 e. The molecule has 7 nitrogen and oxygen atoms in total. The second-order valence-electron chi connectivity index (χ2n) is 7.00. The van der Waals surface area contributed by atoms with E-state index in [4.69, 9.17) is 15.5 Å². The van der Waals surface area contributed by atoms with Crippen molar-refractivity contribution in [3.05, 3.63) is 82.7 Å². The van der Waals surface area contributed by atoms with E-state index in [1.54, 1.807) is 11.4 Å². The maximum absolute atomic E-state index is 13.0. The summed E-state index contributed by atoms with van der Waals surface area (Å²) in [5, 5.41) is 5.15. The van der Waals surface area contributed by atoms with Crippen molar-refractivity contribution in [2.75, 3.05) is 11.9 Å². The van der Waals surface area contributed by atoms with Gasteiger partial charge in [-0.1, -0.05) is 48.5 Å². The third-order valence-electron chi connectivity index (χ3n) is 4.91. The van der Waals surface area contributed by atoms with E-state index in [-0.39, 0.29) is 5.56 Å². The predicted octanol–water partition coefficient (Wildman–Crippen LogP) is 4.17. The number of nitrogens with one attached hydrogen (secondary N) is 1. The SMILES string of the molecule is Cc1c(-c2ccccc2)nc2ccccc2c1C(=O)OCC(=O)Nc1sccc1C(N)=O. The average Bonchev–Trinajstić information content (AvgIpc) is 3.26. The largest absolute Gasteiger partial charge is 0.452 e. The fourth-order valence-corrected chi connectivity index (χ4v) is 4.22. The van der Waals surface area contributed by atoms with Gasteiger partial charge < -0.3 is 15.8 Å². The van der Waals surface area contributed by atoms with Crippen LogP contribution < -0.4 is 11.1 Å². The number of nitrogens with zero attached hydrogens (tertiary/aromatic N) is 1. The first kappa shape index (κ1) is 21.2. The van der Waals surface area contributed by atoms with Crippen LogP contribution in [0.5, 0.6) is 0 Å². The molecule has 2 heterocycles. The van der Waals surface area contributed by atoms with Crippen LogP contribution >= 0.6 is 11.3 Å². The molecule has 0 aliphatic rings. The molecule has 0 aliphatic carbocycles. The highest BCUT2D eigenvalue weighted by atomic mass is 32.1. The van der Waals surface area contributed by atoms with E-state index in [1.165, 1.54) is 6.07 Å². The van der Waals surface area contributed by atoms with Gasteiger partial charge in [0.05, 0.1) is 22.3 Å². The molecule has 3 N–H and O–H groups in total. The molecule has 0 spiro atoms. The highest BCUT2D eigenvalue weighted by Crippen LogP contribution is 2.30. The second kappa shape index (κ2) is 8.99. The lowest BCUT2D eigenvalue weighted by Gasteiger charge is -2.14. The molecule has 32 heavy (non-hydrogen) atoms. The van der Waals surface area contributed by atoms with Gasteiger partial charge in [-0.3, -0.25) is 9.59 Å². The topological polar surface area (TPSA) is 111 Å². The fraction of sp³-hybridized carbons (Fsp3) is 0.0833. The number of ether oxygens (including phenoxy) is 1. The standard InChI is InChI=1S/C24H19N3O4S/c1-14-20(24(30)31-13-19(28)27-23-17(22(25)29)11-12-32-23)16-9-5-6-10-18(16)26-21(14)15-7-3-2-4-8-15/h2-12H,13H2,1H3,(H2,25,29)(H,27,28). The van der Waals surface area contributed by atoms with Gasteiger partial charge >= 0.3 is 5.97 Å². The smallest absolute Gasteiger partial charge is 0.339 e. The van der Waals surface area contributed by atoms with Crippen molar-refractivity contribution < 1.29 is 19.1 Å². The molecular weight excluding hydrogens is 426 g/mol. The normalized spacial score (nSPS) is 10.7. The maximum atomic E-state index is 13.0. The average molecular weight is 446 g/mol. The molecule has 0 aliphatic heterocycles. The molecule has 0 atom stereocenters. The number of carbonyl (C=O) groups excluding carboxylic acids is 3. The van der Waals surface area contributed by atoms with Gasteiger partial charge in [0.25, 0.3) is 11.8 Å². The Bertz CT molecular complexity index is 1330. The Morgan fingerprint density at radius 3 is 2.50 bits per heavy atom. The minimum atomic E-state index is -0.647. The zero-order valence-electron chi connectivity index (χ0n) is 17.1. The van der Waals surface area contributed by atoms with Crippen molar-refractivity contribution in [2.45, 2.75) is 6.92 Å². The van der Waals surface area contributed by atoms with Gasteiger partial charge in [-0.25, -0.2) is 9.78 Å². The van der Waals surface area contributed by atoms with Crippen molar-refractivity contribution in [2.24, 2.45) is 5.73 Å². The van der Waals surface area contributed by atoms with Crippen molar-refractivity contribution in [1.82, 2.24) is 4.98 Å². The lowest BCUT2D eigenvalue weighted by Crippen LogP contribution is -2.22. The van der Waals surface area contributed by atoms with Crippen molar-refractivity contribution in [3.63, 3.8) is 0 Å². The molecule has 4 rings (SSSR count). The summed E-state index contributed by atoms with van der Waals surface area (Å²) in [6.07, 6.45) is 0. The number of carbonyl (C=O) groups is 3. The number of amides is 2. The Kier molecular flexibility index (Phi) is 5.96. The van der Waals surface area contributed by atoms with Gasteiger partial charge in [0.2, 0.25) is 0 Å². The van der Waals surface area contributed by atoms with Gasteiger partial charge in [-0.2, -0.15) is 0 Å². The first-order chi connectivity index (χ1) is 15.5. The van der Waals surface area contributed by atoms with Gasteiger partial charge in [-0.15, -0.1) is 11.3 Å². The molecular formula is C24H19N3O4S. The number of esters is 1. The minimum absolute atomic E-state index is 0.207. The Balaban J connectivity index is 1.60. The van der Waals surface area contributed by atoms with Crippen LogP contribution in [0, 0.1) is 6.92 Å². The summed E-state index contributed by atoms with van der Waals surface area (Å²) in [4.78, 5) is 41.5. The zero-order chi connectivity index (χ0) is 22.7. The highest BCUT2D eigenvalue weighted by Gasteiger charge is 2.21. The van der Waals surface area contributed by atoms with Gasteiger partial charge in [0.15, 0.2) is 6.61 Å². The van der Waals surface area contributed by atoms with Crippen molar-refractivity contribution >= 4 is 45.0 Å².